The molecule has 0 spiro atoms. The van der Waals surface area contributed by atoms with Gasteiger partial charge in [-0.15, -0.1) is 0 Å². The Morgan fingerprint density at radius 2 is 1.71 bits per heavy atom. The number of hydrogen-bond donors (Lipinski definition) is 1. The third-order valence-electron chi connectivity index (χ3n) is 6.80. The minimum atomic E-state index is 0.0778. The predicted octanol–water partition coefficient (Wildman–Crippen LogP) is 4.35. The van der Waals surface area contributed by atoms with Gasteiger partial charge in [-0.25, -0.2) is 4.79 Å². The number of nitrogens with one attached hydrogen (secondary N) is 1. The van der Waals surface area contributed by atoms with E-state index in [0.29, 0.717) is 12.0 Å². The second kappa shape index (κ2) is 6.09. The molecule has 4 fully saturated rings. The standard InChI is InChI=1S/C21H30N2O/c1-15-5-3-4-6-19(15)13-23(2)20(24)22-14-21-10-16-7-17(11-21)9-18(8-16)12-21/h3-6,16-18H,7-14H2,1-2H3,(H,22,24). The molecule has 1 N–H and O–H groups in total. The number of rotatable bonds is 4. The lowest BCUT2D eigenvalue weighted by Gasteiger charge is -2.57. The topological polar surface area (TPSA) is 32.3 Å². The van der Waals surface area contributed by atoms with E-state index < -0.39 is 0 Å². The second-order valence-corrected chi connectivity index (χ2v) is 8.86. The number of nitrogens with zero attached hydrogens (tertiary/aromatic N) is 1. The summed E-state index contributed by atoms with van der Waals surface area (Å²) in [5, 5.41) is 3.27. The zero-order valence-corrected chi connectivity index (χ0v) is 15.1. The van der Waals surface area contributed by atoms with Crippen molar-refractivity contribution < 1.29 is 4.79 Å². The lowest BCUT2D eigenvalue weighted by atomic mass is 9.49. The van der Waals surface area contributed by atoms with Crippen LogP contribution in [0.5, 0.6) is 0 Å². The Balaban J connectivity index is 1.34. The van der Waals surface area contributed by atoms with Crippen LogP contribution in [-0.4, -0.2) is 24.5 Å². The van der Waals surface area contributed by atoms with Gasteiger partial charge in [-0.2, -0.15) is 0 Å². The highest BCUT2D eigenvalue weighted by Crippen LogP contribution is 2.59. The van der Waals surface area contributed by atoms with Gasteiger partial charge in [0.2, 0.25) is 0 Å². The van der Waals surface area contributed by atoms with Gasteiger partial charge >= 0.3 is 6.03 Å². The molecule has 0 radical (unpaired) electrons. The van der Waals surface area contributed by atoms with Crippen LogP contribution in [-0.2, 0) is 6.54 Å². The average molecular weight is 326 g/mol. The van der Waals surface area contributed by atoms with Crippen LogP contribution < -0.4 is 5.32 Å². The molecule has 0 aliphatic heterocycles. The van der Waals surface area contributed by atoms with Crippen molar-refractivity contribution >= 4 is 6.03 Å². The first-order valence-corrected chi connectivity index (χ1v) is 9.56. The first-order valence-electron chi connectivity index (χ1n) is 9.56. The smallest absolute Gasteiger partial charge is 0.317 e. The van der Waals surface area contributed by atoms with E-state index in [0.717, 1.165) is 24.3 Å². The largest absolute Gasteiger partial charge is 0.337 e. The quantitative estimate of drug-likeness (QED) is 0.876. The van der Waals surface area contributed by atoms with Crippen LogP contribution in [0.1, 0.15) is 49.7 Å². The number of aryl methyl sites for hydroxylation is 1. The molecule has 0 saturated heterocycles. The summed E-state index contributed by atoms with van der Waals surface area (Å²) in [7, 11) is 1.90. The van der Waals surface area contributed by atoms with E-state index in [1.807, 2.05) is 24.1 Å². The molecule has 5 rings (SSSR count). The van der Waals surface area contributed by atoms with Crippen LogP contribution in [0.25, 0.3) is 0 Å². The number of benzene rings is 1. The maximum atomic E-state index is 12.6. The molecule has 4 aliphatic carbocycles. The highest BCUT2D eigenvalue weighted by Gasteiger charge is 2.50. The lowest BCUT2D eigenvalue weighted by Crippen LogP contribution is -2.52. The molecular weight excluding hydrogens is 296 g/mol. The summed E-state index contributed by atoms with van der Waals surface area (Å²) in [5.74, 6) is 2.83. The Bertz CT molecular complexity index is 589. The first kappa shape index (κ1) is 16.0. The third kappa shape index (κ3) is 3.05. The van der Waals surface area contributed by atoms with E-state index in [9.17, 15) is 4.79 Å². The van der Waals surface area contributed by atoms with Crippen LogP contribution in [0.4, 0.5) is 4.79 Å². The van der Waals surface area contributed by atoms with Crippen molar-refractivity contribution in [2.45, 2.75) is 52.0 Å². The number of carbonyl (C=O) groups excluding carboxylic acids is 1. The lowest BCUT2D eigenvalue weighted by molar-refractivity contribution is -0.0501. The van der Waals surface area contributed by atoms with Crippen LogP contribution in [0.3, 0.4) is 0 Å². The van der Waals surface area contributed by atoms with Gasteiger partial charge in [0, 0.05) is 20.1 Å². The molecular formula is C21H30N2O. The first-order chi connectivity index (χ1) is 11.5. The minimum absolute atomic E-state index is 0.0778. The van der Waals surface area contributed by atoms with E-state index in [1.165, 1.54) is 49.7 Å². The Labute approximate surface area is 145 Å². The fourth-order valence-electron chi connectivity index (χ4n) is 6.02. The summed E-state index contributed by atoms with van der Waals surface area (Å²) in [5.41, 5.74) is 2.89. The van der Waals surface area contributed by atoms with Crippen molar-refractivity contribution in [2.24, 2.45) is 23.2 Å². The second-order valence-electron chi connectivity index (χ2n) is 8.86. The Morgan fingerprint density at radius 3 is 2.29 bits per heavy atom. The van der Waals surface area contributed by atoms with Gasteiger partial charge in [-0.1, -0.05) is 24.3 Å². The highest BCUT2D eigenvalue weighted by molar-refractivity contribution is 5.74. The fraction of sp³-hybridized carbons (Fsp3) is 0.667. The normalized spacial score (nSPS) is 33.5. The molecule has 1 aromatic carbocycles. The van der Waals surface area contributed by atoms with Crippen molar-refractivity contribution in [3.8, 4) is 0 Å². The summed E-state index contributed by atoms with van der Waals surface area (Å²) < 4.78 is 0. The van der Waals surface area contributed by atoms with E-state index in [4.69, 9.17) is 0 Å². The number of carbonyl (C=O) groups is 1. The van der Waals surface area contributed by atoms with Crippen molar-refractivity contribution in [3.63, 3.8) is 0 Å². The van der Waals surface area contributed by atoms with Crippen LogP contribution in [0.15, 0.2) is 24.3 Å². The molecule has 3 heteroatoms. The molecule has 0 heterocycles. The molecule has 4 saturated carbocycles. The molecule has 0 atom stereocenters. The van der Waals surface area contributed by atoms with Gasteiger partial charge < -0.3 is 10.2 Å². The molecule has 2 amide bonds. The van der Waals surface area contributed by atoms with Crippen molar-refractivity contribution in [2.75, 3.05) is 13.6 Å². The van der Waals surface area contributed by atoms with Crippen LogP contribution in [0, 0.1) is 30.1 Å². The monoisotopic (exact) mass is 326 g/mol. The summed E-state index contributed by atoms with van der Waals surface area (Å²) >= 11 is 0. The van der Waals surface area contributed by atoms with Gasteiger partial charge in [0.1, 0.15) is 0 Å². The predicted molar refractivity (Wildman–Crippen MR) is 96.6 cm³/mol. The summed E-state index contributed by atoms with van der Waals surface area (Å²) in [6.45, 7) is 3.67. The van der Waals surface area contributed by atoms with Gasteiger partial charge in [0.05, 0.1) is 0 Å². The Morgan fingerprint density at radius 1 is 1.12 bits per heavy atom. The zero-order valence-electron chi connectivity index (χ0n) is 15.1. The number of hydrogen-bond acceptors (Lipinski definition) is 1. The van der Waals surface area contributed by atoms with E-state index in [-0.39, 0.29) is 6.03 Å². The zero-order chi connectivity index (χ0) is 16.7. The summed E-state index contributed by atoms with van der Waals surface area (Å²) in [6, 6.07) is 8.39. The van der Waals surface area contributed by atoms with E-state index in [1.54, 1.807) is 0 Å². The van der Waals surface area contributed by atoms with Crippen molar-refractivity contribution in [1.82, 2.24) is 10.2 Å². The summed E-state index contributed by atoms with van der Waals surface area (Å²) in [4.78, 5) is 14.4. The molecule has 4 aliphatic rings. The van der Waals surface area contributed by atoms with Crippen molar-refractivity contribution in [1.29, 1.82) is 0 Å². The molecule has 4 bridgehead atoms. The number of urea groups is 1. The van der Waals surface area contributed by atoms with Gasteiger partial charge in [0.25, 0.3) is 0 Å². The number of amides is 2. The minimum Gasteiger partial charge on any atom is -0.337 e. The molecule has 130 valence electrons. The van der Waals surface area contributed by atoms with Crippen LogP contribution >= 0.6 is 0 Å². The van der Waals surface area contributed by atoms with E-state index >= 15 is 0 Å². The van der Waals surface area contributed by atoms with Crippen LogP contribution in [0.2, 0.25) is 0 Å². The fourth-order valence-corrected chi connectivity index (χ4v) is 6.02. The SMILES string of the molecule is Cc1ccccc1CN(C)C(=O)NCC12CC3CC(CC(C3)C1)C2. The van der Waals surface area contributed by atoms with Gasteiger partial charge in [0.15, 0.2) is 0 Å². The maximum absolute atomic E-state index is 12.6. The molecule has 24 heavy (non-hydrogen) atoms. The van der Waals surface area contributed by atoms with Crippen molar-refractivity contribution in [3.05, 3.63) is 35.4 Å². The average Bonchev–Trinajstić information content (AvgIpc) is 2.53. The molecule has 3 nitrogen and oxygen atoms in total. The highest BCUT2D eigenvalue weighted by atomic mass is 16.2. The summed E-state index contributed by atoms with van der Waals surface area (Å²) in [6.07, 6.45) is 8.42. The van der Waals surface area contributed by atoms with E-state index in [2.05, 4.69) is 24.4 Å². The molecule has 0 aromatic heterocycles. The Kier molecular flexibility index (Phi) is 4.06. The van der Waals surface area contributed by atoms with Gasteiger partial charge in [-0.05, 0) is 79.7 Å². The Hall–Kier alpha value is -1.51. The molecule has 0 unspecified atom stereocenters. The third-order valence-corrected chi connectivity index (χ3v) is 6.80. The maximum Gasteiger partial charge on any atom is 0.317 e. The molecule has 1 aromatic rings. The van der Waals surface area contributed by atoms with Gasteiger partial charge in [-0.3, -0.25) is 0 Å².